The number of rotatable bonds is 9. The number of hydrogen-bond donors (Lipinski definition) is 4. The van der Waals surface area contributed by atoms with Crippen molar-refractivity contribution in [2.45, 2.75) is 78.8 Å². The van der Waals surface area contributed by atoms with Crippen LogP contribution in [0.2, 0.25) is 0 Å². The van der Waals surface area contributed by atoms with E-state index >= 15 is 0 Å². The van der Waals surface area contributed by atoms with Gasteiger partial charge in [-0.2, -0.15) is 0 Å². The molecule has 6 unspecified atom stereocenters. The van der Waals surface area contributed by atoms with Crippen molar-refractivity contribution in [1.82, 2.24) is 21.3 Å². The van der Waals surface area contributed by atoms with Gasteiger partial charge in [-0.15, -0.1) is 23.5 Å². The number of benzene rings is 1. The van der Waals surface area contributed by atoms with Crippen LogP contribution in [0.25, 0.3) is 0 Å². The average Bonchev–Trinajstić information content (AvgIpc) is 3.59. The summed E-state index contributed by atoms with van der Waals surface area (Å²) >= 11 is 3.39. The number of amides is 3. The van der Waals surface area contributed by atoms with Crippen LogP contribution < -0.4 is 21.3 Å². The van der Waals surface area contributed by atoms with Gasteiger partial charge in [0.1, 0.15) is 12.0 Å². The summed E-state index contributed by atoms with van der Waals surface area (Å²) in [6.07, 6.45) is 6.94. The minimum atomic E-state index is -0.774. The van der Waals surface area contributed by atoms with Crippen LogP contribution in [0.1, 0.15) is 50.5 Å². The van der Waals surface area contributed by atoms with Crippen LogP contribution >= 0.6 is 23.5 Å². The number of ether oxygens (including phenoxy) is 2. The summed E-state index contributed by atoms with van der Waals surface area (Å²) < 4.78 is 10.7. The molecule has 4 aliphatic rings. The van der Waals surface area contributed by atoms with E-state index in [0.29, 0.717) is 29.4 Å². The summed E-state index contributed by atoms with van der Waals surface area (Å²) in [6.45, 7) is 2.57. The van der Waals surface area contributed by atoms with E-state index < -0.39 is 12.0 Å². The Hall–Kier alpha value is -1.79. The second kappa shape index (κ2) is 14.2. The third kappa shape index (κ3) is 7.91. The molecule has 3 saturated heterocycles. The lowest BCUT2D eigenvalue weighted by atomic mass is 9.84. The van der Waals surface area contributed by atoms with E-state index in [-0.39, 0.29) is 41.8 Å². The van der Waals surface area contributed by atoms with Crippen molar-refractivity contribution in [2.24, 2.45) is 11.8 Å². The maximum atomic E-state index is 13.3. The third-order valence-corrected chi connectivity index (χ3v) is 11.3. The molecule has 1 aliphatic carbocycles. The number of carbonyl (C=O) groups is 3. The quantitative estimate of drug-likeness (QED) is 0.329. The van der Waals surface area contributed by atoms with Gasteiger partial charge in [0, 0.05) is 23.1 Å². The zero-order chi connectivity index (χ0) is 27.0. The molecule has 1 saturated carbocycles. The van der Waals surface area contributed by atoms with Gasteiger partial charge >= 0.3 is 6.09 Å². The summed E-state index contributed by atoms with van der Waals surface area (Å²) in [6, 6.07) is 10.0. The predicted molar refractivity (Wildman–Crippen MR) is 153 cm³/mol. The van der Waals surface area contributed by atoms with Crippen molar-refractivity contribution < 1.29 is 23.9 Å². The zero-order valence-corrected chi connectivity index (χ0v) is 23.9. The number of hydrogen-bond acceptors (Lipinski definition) is 9. The van der Waals surface area contributed by atoms with Crippen LogP contribution in [0.3, 0.4) is 0 Å². The van der Waals surface area contributed by atoms with Gasteiger partial charge in [-0.25, -0.2) is 4.79 Å². The summed E-state index contributed by atoms with van der Waals surface area (Å²) in [5.41, 5.74) is 1.04. The molecule has 0 radical (unpaired) electrons. The Bertz CT molecular complexity index is 966. The normalized spacial score (nSPS) is 30.9. The number of imide groups is 1. The van der Waals surface area contributed by atoms with Crippen LogP contribution in [-0.4, -0.2) is 71.5 Å². The Kier molecular flexibility index (Phi) is 10.5. The average molecular weight is 577 g/mol. The molecule has 0 spiro atoms. The molecule has 1 aromatic carbocycles. The van der Waals surface area contributed by atoms with Crippen molar-refractivity contribution in [3.8, 4) is 0 Å². The van der Waals surface area contributed by atoms with E-state index in [0.717, 1.165) is 37.9 Å². The number of carbonyl (C=O) groups excluding carboxylic acids is 3. The highest BCUT2D eigenvalue weighted by atomic mass is 32.2. The van der Waals surface area contributed by atoms with E-state index in [9.17, 15) is 14.4 Å². The molecular formula is C28H40N4O5S2. The number of alkyl carbamates (subject to hydrolysis) is 1. The molecule has 5 rings (SSSR count). The maximum absolute atomic E-state index is 13.3. The van der Waals surface area contributed by atoms with E-state index in [4.69, 9.17) is 9.47 Å². The summed E-state index contributed by atoms with van der Waals surface area (Å²) in [4.78, 5) is 38.9. The molecule has 0 aromatic heterocycles. The first-order valence-corrected chi connectivity index (χ1v) is 16.1. The van der Waals surface area contributed by atoms with E-state index in [1.54, 1.807) is 23.5 Å². The van der Waals surface area contributed by atoms with Gasteiger partial charge in [0.2, 0.25) is 11.8 Å². The van der Waals surface area contributed by atoms with Crippen LogP contribution in [0.15, 0.2) is 30.3 Å². The van der Waals surface area contributed by atoms with Crippen molar-refractivity contribution in [2.75, 3.05) is 26.3 Å². The minimum Gasteiger partial charge on any atom is -0.447 e. The summed E-state index contributed by atoms with van der Waals surface area (Å²) in [5.74, 6) is -0.399. The van der Waals surface area contributed by atoms with Gasteiger partial charge in [0.25, 0.3) is 0 Å². The van der Waals surface area contributed by atoms with Crippen LogP contribution in [0.4, 0.5) is 4.79 Å². The van der Waals surface area contributed by atoms with Gasteiger partial charge in [-0.1, -0.05) is 49.6 Å². The fraction of sp³-hybridized carbons (Fsp3) is 0.679. The Morgan fingerprint density at radius 2 is 1.77 bits per heavy atom. The lowest BCUT2D eigenvalue weighted by Crippen LogP contribution is -2.51. The van der Waals surface area contributed by atoms with Crippen molar-refractivity contribution in [3.05, 3.63) is 35.9 Å². The van der Waals surface area contributed by atoms with Gasteiger partial charge in [0.15, 0.2) is 0 Å². The van der Waals surface area contributed by atoms with Crippen molar-refractivity contribution >= 4 is 41.4 Å². The lowest BCUT2D eigenvalue weighted by Gasteiger charge is -2.27. The highest BCUT2D eigenvalue weighted by Gasteiger charge is 2.46. The smallest absolute Gasteiger partial charge is 0.413 e. The largest absolute Gasteiger partial charge is 0.447 e. The second-order valence-corrected chi connectivity index (χ2v) is 13.6. The highest BCUT2D eigenvalue weighted by molar-refractivity contribution is 8.01. The first kappa shape index (κ1) is 28.7. The molecular weight excluding hydrogens is 536 g/mol. The Labute approximate surface area is 239 Å². The number of nitrogens with one attached hydrogen (secondary N) is 4. The van der Waals surface area contributed by atoms with E-state index in [1.165, 1.54) is 19.3 Å². The van der Waals surface area contributed by atoms with Crippen LogP contribution in [0, 0.1) is 11.8 Å². The molecule has 3 heterocycles. The number of fused-ring (bicyclic) bond motifs is 1. The molecule has 4 N–H and O–H groups in total. The topological polar surface area (TPSA) is 118 Å². The molecule has 39 heavy (non-hydrogen) atoms. The number of thioether (sulfide) groups is 2. The van der Waals surface area contributed by atoms with E-state index in [1.807, 2.05) is 30.3 Å². The SMILES string of the molecule is O=C(NC(=O)C1CC(C2CCCCC2)SC1NC(=O)C1NC2CNCCC2S1)OCCOCc1ccccc1. The Morgan fingerprint density at radius 3 is 2.56 bits per heavy atom. The van der Waals surface area contributed by atoms with Gasteiger partial charge in [-0.3, -0.25) is 20.2 Å². The van der Waals surface area contributed by atoms with Crippen LogP contribution in [0.5, 0.6) is 0 Å². The van der Waals surface area contributed by atoms with Crippen molar-refractivity contribution in [1.29, 1.82) is 0 Å². The number of piperidine rings is 1. The highest BCUT2D eigenvalue weighted by Crippen LogP contribution is 2.45. The Balaban J connectivity index is 1.12. The van der Waals surface area contributed by atoms with Gasteiger partial charge in [-0.05, 0) is 43.7 Å². The zero-order valence-electron chi connectivity index (χ0n) is 22.3. The standard InChI is InChI=1S/C28H40N4O5S2/c33-24(32-28(35)37-14-13-36-17-18-7-3-1-4-8-18)20-15-23(19-9-5-2-6-10-19)39-26(20)31-25(34)27-30-21-16-29-12-11-22(21)38-27/h1,3-4,7-8,19-23,26-27,29-30H,2,5-6,9-17H2,(H,31,34)(H,32,33,35). The first-order valence-electron chi connectivity index (χ1n) is 14.2. The molecule has 3 amide bonds. The maximum Gasteiger partial charge on any atom is 0.413 e. The third-order valence-electron chi connectivity index (χ3n) is 8.10. The molecule has 9 nitrogen and oxygen atoms in total. The molecule has 6 atom stereocenters. The molecule has 4 fully saturated rings. The lowest BCUT2D eigenvalue weighted by molar-refractivity contribution is -0.125. The van der Waals surface area contributed by atoms with Gasteiger partial charge in [0.05, 0.1) is 24.5 Å². The van der Waals surface area contributed by atoms with Crippen LogP contribution in [-0.2, 0) is 25.7 Å². The molecule has 1 aromatic rings. The molecule has 11 heteroatoms. The molecule has 3 aliphatic heterocycles. The second-order valence-electron chi connectivity index (χ2n) is 10.8. The van der Waals surface area contributed by atoms with Gasteiger partial charge < -0.3 is 20.1 Å². The first-order chi connectivity index (χ1) is 19.1. The fourth-order valence-corrected chi connectivity index (χ4v) is 9.22. The van der Waals surface area contributed by atoms with Crippen molar-refractivity contribution in [3.63, 3.8) is 0 Å². The molecule has 214 valence electrons. The minimum absolute atomic E-state index is 0.0536. The predicted octanol–water partition coefficient (Wildman–Crippen LogP) is 2.99. The molecule has 0 bridgehead atoms. The fourth-order valence-electron chi connectivity index (χ4n) is 6.01. The monoisotopic (exact) mass is 576 g/mol. The summed E-state index contributed by atoms with van der Waals surface area (Å²) in [5, 5.41) is 12.5. The van der Waals surface area contributed by atoms with E-state index in [2.05, 4.69) is 21.3 Å². The Morgan fingerprint density at radius 1 is 0.949 bits per heavy atom. The summed E-state index contributed by atoms with van der Waals surface area (Å²) in [7, 11) is 0.